The molecule has 1 aliphatic heterocycles. The van der Waals surface area contributed by atoms with Crippen LogP contribution < -0.4 is 22.1 Å². The molecule has 1 fully saturated rings. The zero-order valence-electron chi connectivity index (χ0n) is 14.1. The molecule has 1 aliphatic carbocycles. The van der Waals surface area contributed by atoms with Crippen LogP contribution in [0.5, 0.6) is 5.75 Å². The number of carboxylic acids is 1. The third kappa shape index (κ3) is 3.33. The lowest BCUT2D eigenvalue weighted by molar-refractivity contribution is -0.179. The van der Waals surface area contributed by atoms with Crippen molar-refractivity contribution in [3.05, 3.63) is 29.3 Å². The smallest absolute Gasteiger partial charge is 0.341 e. The fourth-order valence-corrected chi connectivity index (χ4v) is 3.21. The lowest BCUT2D eigenvalue weighted by Crippen LogP contribution is -2.54. The van der Waals surface area contributed by atoms with Crippen LogP contribution in [0.1, 0.15) is 37.3 Å². The van der Waals surface area contributed by atoms with E-state index in [0.717, 1.165) is 24.0 Å². The van der Waals surface area contributed by atoms with Crippen molar-refractivity contribution >= 4 is 11.8 Å². The number of aliphatic imine (C=N–C) groups is 1. The molecule has 136 valence electrons. The predicted octanol–water partition coefficient (Wildman–Crippen LogP) is 0.309. The summed E-state index contributed by atoms with van der Waals surface area (Å²) in [5.41, 5.74) is 12.1. The highest BCUT2D eigenvalue weighted by Gasteiger charge is 2.46. The van der Waals surface area contributed by atoms with Crippen molar-refractivity contribution in [2.75, 3.05) is 0 Å². The lowest BCUT2D eigenvalue weighted by atomic mass is 9.88. The summed E-state index contributed by atoms with van der Waals surface area (Å²) in [6.45, 7) is 1.41. The second kappa shape index (κ2) is 6.62. The van der Waals surface area contributed by atoms with Gasteiger partial charge in [0.25, 0.3) is 0 Å². The van der Waals surface area contributed by atoms with Crippen LogP contribution in [0.3, 0.4) is 0 Å². The first-order valence-corrected chi connectivity index (χ1v) is 8.33. The van der Waals surface area contributed by atoms with Gasteiger partial charge in [0.15, 0.2) is 0 Å². The van der Waals surface area contributed by atoms with Gasteiger partial charge in [-0.25, -0.2) is 10.7 Å². The number of hydrogen-bond acceptors (Lipinski definition) is 6. The molecule has 7 N–H and O–H groups in total. The highest BCUT2D eigenvalue weighted by molar-refractivity contribution is 5.98. The van der Waals surface area contributed by atoms with E-state index < -0.39 is 17.7 Å². The van der Waals surface area contributed by atoms with E-state index in [4.69, 9.17) is 26.9 Å². The molecule has 0 saturated heterocycles. The summed E-state index contributed by atoms with van der Waals surface area (Å²) in [7, 11) is 0. The van der Waals surface area contributed by atoms with Crippen LogP contribution >= 0.6 is 0 Å². The predicted molar refractivity (Wildman–Crippen MR) is 92.2 cm³/mol. The molecule has 0 radical (unpaired) electrons. The number of fused-ring (bicyclic) bond motifs is 1. The monoisotopic (exact) mass is 348 g/mol. The van der Waals surface area contributed by atoms with Gasteiger partial charge in [-0.3, -0.25) is 9.83 Å². The molecule has 25 heavy (non-hydrogen) atoms. The molecule has 1 saturated carbocycles. The van der Waals surface area contributed by atoms with E-state index >= 15 is 0 Å². The summed E-state index contributed by atoms with van der Waals surface area (Å²) < 4.78 is 5.83. The summed E-state index contributed by atoms with van der Waals surface area (Å²) in [6.07, 6.45) is 2.18. The van der Waals surface area contributed by atoms with E-state index in [9.17, 15) is 9.90 Å². The SMILES string of the molecule is C[C@@](ON)(C(=O)O)[C@H]1CCc2cc(C(N)=NC3CC(N)C3)ccc2O1. The molecule has 8 nitrogen and oxygen atoms in total. The van der Waals surface area contributed by atoms with Crippen molar-refractivity contribution in [1.29, 1.82) is 0 Å². The summed E-state index contributed by atoms with van der Waals surface area (Å²) in [5, 5.41) is 9.35. The van der Waals surface area contributed by atoms with E-state index in [2.05, 4.69) is 4.99 Å². The summed E-state index contributed by atoms with van der Waals surface area (Å²) in [6, 6.07) is 5.96. The quantitative estimate of drug-likeness (QED) is 0.340. The average molecular weight is 348 g/mol. The Morgan fingerprint density at radius 1 is 1.44 bits per heavy atom. The molecule has 0 spiro atoms. The number of carboxylic acid groups (broad SMARTS) is 1. The van der Waals surface area contributed by atoms with Crippen LogP contribution in [-0.2, 0) is 16.1 Å². The van der Waals surface area contributed by atoms with E-state index in [0.29, 0.717) is 24.4 Å². The van der Waals surface area contributed by atoms with Crippen LogP contribution in [0.15, 0.2) is 23.2 Å². The Hall–Kier alpha value is -2.16. The molecule has 1 aromatic rings. The van der Waals surface area contributed by atoms with Gasteiger partial charge < -0.3 is 21.3 Å². The molecule has 3 rings (SSSR count). The maximum atomic E-state index is 11.4. The summed E-state index contributed by atoms with van der Waals surface area (Å²) >= 11 is 0. The summed E-state index contributed by atoms with van der Waals surface area (Å²) in [4.78, 5) is 20.7. The Bertz CT molecular complexity index is 702. The first kappa shape index (κ1) is 17.7. The topological polar surface area (TPSA) is 146 Å². The Balaban J connectivity index is 1.76. The Morgan fingerprint density at radius 3 is 2.76 bits per heavy atom. The number of nitrogens with zero attached hydrogens (tertiary/aromatic N) is 1. The summed E-state index contributed by atoms with van der Waals surface area (Å²) in [5.74, 6) is 5.14. The maximum Gasteiger partial charge on any atom is 0.341 e. The molecule has 2 aliphatic rings. The van der Waals surface area contributed by atoms with Gasteiger partial charge in [0.2, 0.25) is 5.60 Å². The number of nitrogens with two attached hydrogens (primary N) is 3. The van der Waals surface area contributed by atoms with Crippen molar-refractivity contribution in [3.63, 3.8) is 0 Å². The lowest BCUT2D eigenvalue weighted by Gasteiger charge is -2.35. The van der Waals surface area contributed by atoms with Crippen LogP contribution in [0.4, 0.5) is 0 Å². The zero-order chi connectivity index (χ0) is 18.2. The van der Waals surface area contributed by atoms with Crippen molar-refractivity contribution in [2.24, 2.45) is 22.4 Å². The third-order valence-electron chi connectivity index (χ3n) is 5.06. The van der Waals surface area contributed by atoms with E-state index in [1.54, 1.807) is 6.07 Å². The van der Waals surface area contributed by atoms with Crippen LogP contribution in [-0.4, -0.2) is 40.7 Å². The maximum absolute atomic E-state index is 11.4. The minimum absolute atomic E-state index is 0.199. The molecule has 0 unspecified atom stereocenters. The van der Waals surface area contributed by atoms with E-state index in [-0.39, 0.29) is 12.1 Å². The number of amidine groups is 1. The van der Waals surface area contributed by atoms with Crippen molar-refractivity contribution < 1.29 is 19.5 Å². The number of ether oxygens (including phenoxy) is 1. The van der Waals surface area contributed by atoms with Gasteiger partial charge in [0.05, 0.1) is 6.04 Å². The molecule has 0 aromatic heterocycles. The largest absolute Gasteiger partial charge is 0.486 e. The van der Waals surface area contributed by atoms with Crippen LogP contribution in [0, 0.1) is 0 Å². The normalized spacial score (nSPS) is 28.3. The van der Waals surface area contributed by atoms with Crippen LogP contribution in [0.25, 0.3) is 0 Å². The van der Waals surface area contributed by atoms with Crippen LogP contribution in [0.2, 0.25) is 0 Å². The van der Waals surface area contributed by atoms with Gasteiger partial charge in [-0.15, -0.1) is 0 Å². The fraction of sp³-hybridized carbons (Fsp3) is 0.529. The van der Waals surface area contributed by atoms with E-state index in [1.807, 2.05) is 12.1 Å². The third-order valence-corrected chi connectivity index (χ3v) is 5.06. The van der Waals surface area contributed by atoms with Gasteiger partial charge in [0, 0.05) is 11.6 Å². The Kier molecular flexibility index (Phi) is 4.68. The number of hydrogen-bond donors (Lipinski definition) is 4. The minimum atomic E-state index is -1.60. The number of aliphatic carboxylic acids is 1. The molecule has 1 aromatic carbocycles. The zero-order valence-corrected chi connectivity index (χ0v) is 14.1. The standard InChI is InChI=1S/C17H24N4O4/c1-17(25-20,16(22)23)14-5-3-9-6-10(2-4-13(9)24-14)15(19)21-12-7-11(18)8-12/h2,4,6,11-12,14H,3,5,7-8,18,20H2,1H3,(H2,19,21)(H,22,23)/t11?,12?,14-,17+/m1/s1. The average Bonchev–Trinajstić information content (AvgIpc) is 2.58. The van der Waals surface area contributed by atoms with Crippen molar-refractivity contribution in [3.8, 4) is 5.75 Å². The number of benzene rings is 1. The molecule has 2 atom stereocenters. The highest BCUT2D eigenvalue weighted by Crippen LogP contribution is 2.33. The van der Waals surface area contributed by atoms with Gasteiger partial charge in [-0.1, -0.05) is 0 Å². The Morgan fingerprint density at radius 2 is 2.16 bits per heavy atom. The molecular formula is C17H24N4O4. The van der Waals surface area contributed by atoms with Gasteiger partial charge >= 0.3 is 5.97 Å². The number of aryl methyl sites for hydroxylation is 1. The number of rotatable bonds is 5. The fourth-order valence-electron chi connectivity index (χ4n) is 3.21. The molecule has 8 heteroatoms. The minimum Gasteiger partial charge on any atom is -0.486 e. The highest BCUT2D eigenvalue weighted by atomic mass is 16.7. The first-order chi connectivity index (χ1) is 11.8. The molecule has 0 amide bonds. The molecule has 0 bridgehead atoms. The first-order valence-electron chi connectivity index (χ1n) is 8.33. The Labute approximate surface area is 145 Å². The number of carbonyl (C=O) groups is 1. The molecule has 1 heterocycles. The second-order valence-electron chi connectivity index (χ2n) is 6.90. The van der Waals surface area contributed by atoms with Crippen molar-refractivity contribution in [2.45, 2.75) is 56.4 Å². The molecular weight excluding hydrogens is 324 g/mol. The van der Waals surface area contributed by atoms with Gasteiger partial charge in [0.1, 0.15) is 17.7 Å². The second-order valence-corrected chi connectivity index (χ2v) is 6.90. The van der Waals surface area contributed by atoms with Gasteiger partial charge in [-0.2, -0.15) is 0 Å². The van der Waals surface area contributed by atoms with Gasteiger partial charge in [-0.05, 0) is 56.4 Å². The van der Waals surface area contributed by atoms with E-state index in [1.165, 1.54) is 6.92 Å². The van der Waals surface area contributed by atoms with Crippen molar-refractivity contribution in [1.82, 2.24) is 0 Å².